The van der Waals surface area contributed by atoms with Crippen LogP contribution in [0.1, 0.15) is 49.0 Å². The van der Waals surface area contributed by atoms with Crippen LogP contribution in [-0.2, 0) is 6.42 Å². The van der Waals surface area contributed by atoms with Gasteiger partial charge in [0.25, 0.3) is 0 Å². The third kappa shape index (κ3) is 3.69. The molecule has 1 aromatic carbocycles. The molecule has 0 radical (unpaired) electrons. The summed E-state index contributed by atoms with van der Waals surface area (Å²) in [6.07, 6.45) is 5.55. The topological polar surface area (TPSA) is 26.3 Å². The summed E-state index contributed by atoms with van der Waals surface area (Å²) in [6.45, 7) is 4.70. The van der Waals surface area contributed by atoms with Gasteiger partial charge in [-0.1, -0.05) is 25.8 Å². The van der Waals surface area contributed by atoms with Gasteiger partial charge < -0.3 is 4.74 Å². The molecule has 0 unspecified atom stereocenters. The molecule has 16 heavy (non-hydrogen) atoms. The summed E-state index contributed by atoms with van der Waals surface area (Å²) >= 11 is 0. The van der Waals surface area contributed by atoms with E-state index in [0.29, 0.717) is 17.9 Å². The van der Waals surface area contributed by atoms with Crippen molar-refractivity contribution in [3.63, 3.8) is 0 Å². The number of hydrogen-bond donors (Lipinski definition) is 0. The quantitative estimate of drug-likeness (QED) is 0.518. The van der Waals surface area contributed by atoms with Gasteiger partial charge in [0.1, 0.15) is 5.75 Å². The van der Waals surface area contributed by atoms with Gasteiger partial charge in [-0.2, -0.15) is 0 Å². The fourth-order valence-corrected chi connectivity index (χ4v) is 1.71. The van der Waals surface area contributed by atoms with Crippen LogP contribution in [0.2, 0.25) is 0 Å². The predicted molar refractivity (Wildman–Crippen MR) is 66.2 cm³/mol. The van der Waals surface area contributed by atoms with Crippen LogP contribution in [0.3, 0.4) is 0 Å². The Morgan fingerprint density at radius 1 is 1.25 bits per heavy atom. The standard InChI is InChI=1S/C14H20O2/c1-3-5-6-7-12-8-9-14(16-4-2)13(10-12)11-15/h8-11H,3-7H2,1-2H3. The highest BCUT2D eigenvalue weighted by Crippen LogP contribution is 2.19. The maximum Gasteiger partial charge on any atom is 0.153 e. The third-order valence-electron chi connectivity index (χ3n) is 2.57. The van der Waals surface area contributed by atoms with Gasteiger partial charge >= 0.3 is 0 Å². The van der Waals surface area contributed by atoms with Crippen molar-refractivity contribution in [2.75, 3.05) is 6.61 Å². The summed E-state index contributed by atoms with van der Waals surface area (Å²) in [6, 6.07) is 5.88. The average molecular weight is 220 g/mol. The lowest BCUT2D eigenvalue weighted by molar-refractivity contribution is 0.111. The first kappa shape index (κ1) is 12.8. The van der Waals surface area contributed by atoms with Crippen LogP contribution in [0, 0.1) is 0 Å². The van der Waals surface area contributed by atoms with E-state index in [1.807, 2.05) is 25.1 Å². The fourth-order valence-electron chi connectivity index (χ4n) is 1.71. The molecule has 0 N–H and O–H groups in total. The Morgan fingerprint density at radius 2 is 2.06 bits per heavy atom. The molecule has 0 atom stereocenters. The lowest BCUT2D eigenvalue weighted by Crippen LogP contribution is -1.97. The molecular weight excluding hydrogens is 200 g/mol. The Morgan fingerprint density at radius 3 is 2.69 bits per heavy atom. The molecular formula is C14H20O2. The van der Waals surface area contributed by atoms with Gasteiger partial charge in [-0.25, -0.2) is 0 Å². The van der Waals surface area contributed by atoms with E-state index in [1.54, 1.807) is 0 Å². The third-order valence-corrected chi connectivity index (χ3v) is 2.57. The molecule has 0 aromatic heterocycles. The summed E-state index contributed by atoms with van der Waals surface area (Å²) in [5.74, 6) is 0.691. The largest absolute Gasteiger partial charge is 0.493 e. The molecule has 88 valence electrons. The van der Waals surface area contributed by atoms with Crippen LogP contribution in [0.5, 0.6) is 5.75 Å². The van der Waals surface area contributed by atoms with E-state index in [2.05, 4.69) is 6.92 Å². The molecule has 0 amide bonds. The SMILES string of the molecule is CCCCCc1ccc(OCC)c(C=O)c1. The van der Waals surface area contributed by atoms with Crippen molar-refractivity contribution in [2.45, 2.75) is 39.5 Å². The van der Waals surface area contributed by atoms with E-state index in [4.69, 9.17) is 4.74 Å². The molecule has 0 saturated heterocycles. The Labute approximate surface area is 97.6 Å². The van der Waals surface area contributed by atoms with Gasteiger partial charge in [0, 0.05) is 0 Å². The van der Waals surface area contributed by atoms with Crippen molar-refractivity contribution in [1.82, 2.24) is 0 Å². The minimum Gasteiger partial charge on any atom is -0.493 e. The molecule has 0 heterocycles. The summed E-state index contributed by atoms with van der Waals surface area (Å²) < 4.78 is 5.38. The van der Waals surface area contributed by atoms with E-state index in [1.165, 1.54) is 24.8 Å². The zero-order valence-electron chi connectivity index (χ0n) is 10.2. The molecule has 2 nitrogen and oxygen atoms in total. The van der Waals surface area contributed by atoms with Crippen LogP contribution in [-0.4, -0.2) is 12.9 Å². The lowest BCUT2D eigenvalue weighted by Gasteiger charge is -2.08. The van der Waals surface area contributed by atoms with Gasteiger partial charge in [-0.05, 0) is 37.5 Å². The molecule has 1 aromatic rings. The molecule has 0 aliphatic carbocycles. The number of benzene rings is 1. The van der Waals surface area contributed by atoms with E-state index in [9.17, 15) is 4.79 Å². The van der Waals surface area contributed by atoms with Crippen molar-refractivity contribution in [3.8, 4) is 5.75 Å². The lowest BCUT2D eigenvalue weighted by atomic mass is 10.0. The molecule has 1 rings (SSSR count). The van der Waals surface area contributed by atoms with Crippen molar-refractivity contribution in [3.05, 3.63) is 29.3 Å². The van der Waals surface area contributed by atoms with Crippen LogP contribution < -0.4 is 4.74 Å². The molecule has 0 aliphatic rings. The summed E-state index contributed by atoms with van der Waals surface area (Å²) in [4.78, 5) is 10.9. The first-order valence-electron chi connectivity index (χ1n) is 6.02. The number of ether oxygens (including phenoxy) is 1. The van der Waals surface area contributed by atoms with Gasteiger partial charge in [-0.15, -0.1) is 0 Å². The zero-order valence-corrected chi connectivity index (χ0v) is 10.2. The fraction of sp³-hybridized carbons (Fsp3) is 0.500. The number of hydrogen-bond acceptors (Lipinski definition) is 2. The van der Waals surface area contributed by atoms with Gasteiger partial charge in [0.05, 0.1) is 12.2 Å². The van der Waals surface area contributed by atoms with Crippen molar-refractivity contribution in [1.29, 1.82) is 0 Å². The average Bonchev–Trinajstić information content (AvgIpc) is 2.31. The van der Waals surface area contributed by atoms with Crippen molar-refractivity contribution >= 4 is 6.29 Å². The number of rotatable bonds is 7. The first-order chi connectivity index (χ1) is 7.81. The van der Waals surface area contributed by atoms with E-state index in [0.717, 1.165) is 12.7 Å². The molecule has 0 aliphatic heterocycles. The van der Waals surface area contributed by atoms with E-state index < -0.39 is 0 Å². The number of aldehydes is 1. The smallest absolute Gasteiger partial charge is 0.153 e. The maximum atomic E-state index is 10.9. The summed E-state index contributed by atoms with van der Waals surface area (Å²) in [7, 11) is 0. The van der Waals surface area contributed by atoms with Crippen LogP contribution in [0.15, 0.2) is 18.2 Å². The van der Waals surface area contributed by atoms with Gasteiger partial charge in [-0.3, -0.25) is 4.79 Å². The molecule has 0 fully saturated rings. The monoisotopic (exact) mass is 220 g/mol. The molecule has 0 bridgehead atoms. The maximum absolute atomic E-state index is 10.9. The van der Waals surface area contributed by atoms with Gasteiger partial charge in [0.15, 0.2) is 6.29 Å². The number of aryl methyl sites for hydroxylation is 1. The predicted octanol–water partition coefficient (Wildman–Crippen LogP) is 3.63. The minimum atomic E-state index is 0.593. The van der Waals surface area contributed by atoms with Crippen LogP contribution >= 0.6 is 0 Å². The van der Waals surface area contributed by atoms with E-state index >= 15 is 0 Å². The Hall–Kier alpha value is -1.31. The van der Waals surface area contributed by atoms with Crippen LogP contribution in [0.25, 0.3) is 0 Å². The van der Waals surface area contributed by atoms with Crippen LogP contribution in [0.4, 0.5) is 0 Å². The highest BCUT2D eigenvalue weighted by molar-refractivity contribution is 5.79. The Kier molecular flexibility index (Phi) is 5.62. The normalized spacial score (nSPS) is 10.1. The second kappa shape index (κ2) is 7.04. The Balaban J connectivity index is 2.70. The van der Waals surface area contributed by atoms with Crippen molar-refractivity contribution < 1.29 is 9.53 Å². The highest BCUT2D eigenvalue weighted by Gasteiger charge is 2.03. The summed E-state index contributed by atoms with van der Waals surface area (Å²) in [5.41, 5.74) is 1.88. The molecule has 0 saturated carbocycles. The highest BCUT2D eigenvalue weighted by atomic mass is 16.5. The number of carbonyl (C=O) groups excluding carboxylic acids is 1. The molecule has 0 spiro atoms. The second-order valence-corrected chi connectivity index (χ2v) is 3.88. The summed E-state index contributed by atoms with van der Waals surface area (Å²) in [5, 5.41) is 0. The zero-order chi connectivity index (χ0) is 11.8. The number of carbonyl (C=O) groups is 1. The van der Waals surface area contributed by atoms with E-state index in [-0.39, 0.29) is 0 Å². The second-order valence-electron chi connectivity index (χ2n) is 3.88. The van der Waals surface area contributed by atoms with Gasteiger partial charge in [0.2, 0.25) is 0 Å². The molecule has 2 heteroatoms. The Bertz CT molecular complexity index is 332. The van der Waals surface area contributed by atoms with Crippen molar-refractivity contribution in [2.24, 2.45) is 0 Å². The number of unbranched alkanes of at least 4 members (excludes halogenated alkanes) is 2. The first-order valence-corrected chi connectivity index (χ1v) is 6.02. The minimum absolute atomic E-state index is 0.593.